The van der Waals surface area contributed by atoms with Crippen molar-refractivity contribution < 1.29 is 43.0 Å². The Morgan fingerprint density at radius 2 is 1.22 bits per heavy atom. The Kier molecular flexibility index (Phi) is 26.7. The first kappa shape index (κ1) is 39.0. The van der Waals surface area contributed by atoms with E-state index in [1.54, 1.807) is 0 Å². The van der Waals surface area contributed by atoms with Crippen LogP contribution in [-0.4, -0.2) is 52.8 Å². The zero-order valence-corrected chi connectivity index (χ0v) is 25.8. The van der Waals surface area contributed by atoms with Gasteiger partial charge in [0.1, 0.15) is 6.61 Å². The largest absolute Gasteiger partial charge is 0.469 e. The highest BCUT2D eigenvalue weighted by atomic mass is 31.2. The van der Waals surface area contributed by atoms with Crippen LogP contribution in [0.5, 0.6) is 0 Å². The summed E-state index contributed by atoms with van der Waals surface area (Å²) in [4.78, 5) is 42.0. The van der Waals surface area contributed by atoms with Gasteiger partial charge in [0.25, 0.3) is 0 Å². The minimum atomic E-state index is -4.75. The van der Waals surface area contributed by atoms with Gasteiger partial charge in [-0.3, -0.25) is 14.1 Å². The van der Waals surface area contributed by atoms with Crippen LogP contribution in [0, 0.1) is 0 Å². The van der Waals surface area contributed by atoms with E-state index in [0.717, 1.165) is 70.6 Å². The topological polar surface area (TPSA) is 140 Å². The third-order valence-corrected chi connectivity index (χ3v) is 6.39. The highest BCUT2D eigenvalue weighted by Gasteiger charge is 2.22. The summed E-state index contributed by atoms with van der Waals surface area (Å²) in [7, 11) is -4.75. The van der Waals surface area contributed by atoms with Crippen molar-refractivity contribution in [2.45, 2.75) is 116 Å². The quantitative estimate of drug-likeness (QED) is 0.0392. The standard InChI is InChI=1S/C31H53O9P/c1-2-3-4-18-21-24-30(33)38-27-29(28-39-41(35,36)37)40-31(34)25-22-19-16-14-12-10-8-6-5-7-9-11-13-15-17-20-23-26-32/h5,7-8,10-11,13-14,16,29,32H,2-4,6,9,12,15,17-28H2,1H3,(H2,35,36,37)/b7-5-,10-8-,13-11-,16-14-/t29-/m1/s1. The Morgan fingerprint density at radius 1 is 0.683 bits per heavy atom. The first-order valence-electron chi connectivity index (χ1n) is 15.0. The molecular weight excluding hydrogens is 547 g/mol. The third kappa shape index (κ3) is 30.8. The van der Waals surface area contributed by atoms with Crippen LogP contribution in [-0.2, 0) is 28.2 Å². The van der Waals surface area contributed by atoms with Crippen molar-refractivity contribution in [3.8, 4) is 0 Å². The van der Waals surface area contributed by atoms with Gasteiger partial charge < -0.3 is 24.4 Å². The SMILES string of the molecule is CCCCCCCC(=O)OC[C@H](COP(=O)(O)O)OC(=O)CCC/C=C\C/C=C\C/C=C\C/C=C\CCCCCO. The molecule has 41 heavy (non-hydrogen) atoms. The number of unbranched alkanes of at least 4 members (excludes halogenated alkanes) is 8. The van der Waals surface area contributed by atoms with Gasteiger partial charge in [-0.2, -0.15) is 0 Å². The van der Waals surface area contributed by atoms with Crippen LogP contribution in [0.4, 0.5) is 0 Å². The zero-order valence-electron chi connectivity index (χ0n) is 24.9. The molecule has 0 fully saturated rings. The second-order valence-electron chi connectivity index (χ2n) is 9.80. The number of aliphatic hydroxyl groups is 1. The molecule has 0 aromatic heterocycles. The van der Waals surface area contributed by atoms with E-state index in [9.17, 15) is 14.2 Å². The summed E-state index contributed by atoms with van der Waals surface area (Å²) >= 11 is 0. The molecule has 10 heteroatoms. The number of allylic oxidation sites excluding steroid dienone is 8. The van der Waals surface area contributed by atoms with E-state index in [1.807, 2.05) is 12.2 Å². The molecule has 0 aromatic carbocycles. The minimum Gasteiger partial charge on any atom is -0.462 e. The number of phosphoric ester groups is 1. The summed E-state index contributed by atoms with van der Waals surface area (Å²) in [5.74, 6) is -0.986. The van der Waals surface area contributed by atoms with Gasteiger partial charge in [-0.05, 0) is 57.8 Å². The van der Waals surface area contributed by atoms with Crippen LogP contribution < -0.4 is 0 Å². The number of ether oxygens (including phenoxy) is 2. The summed E-state index contributed by atoms with van der Waals surface area (Å²) < 4.78 is 25.9. The number of hydrogen-bond acceptors (Lipinski definition) is 7. The number of rotatable bonds is 27. The van der Waals surface area contributed by atoms with Crippen molar-refractivity contribution in [1.82, 2.24) is 0 Å². The van der Waals surface area contributed by atoms with Crippen LogP contribution in [0.3, 0.4) is 0 Å². The van der Waals surface area contributed by atoms with E-state index in [2.05, 4.69) is 47.9 Å². The van der Waals surface area contributed by atoms with Crippen LogP contribution >= 0.6 is 7.82 Å². The molecule has 0 spiro atoms. The van der Waals surface area contributed by atoms with E-state index in [0.29, 0.717) is 19.3 Å². The number of carbonyl (C=O) groups is 2. The van der Waals surface area contributed by atoms with Crippen molar-refractivity contribution in [1.29, 1.82) is 0 Å². The Morgan fingerprint density at radius 3 is 1.80 bits per heavy atom. The molecule has 0 heterocycles. The molecule has 0 aliphatic carbocycles. The van der Waals surface area contributed by atoms with E-state index < -0.39 is 32.5 Å². The van der Waals surface area contributed by atoms with Gasteiger partial charge in [-0.15, -0.1) is 0 Å². The Labute approximate surface area is 247 Å². The molecule has 9 nitrogen and oxygen atoms in total. The maximum Gasteiger partial charge on any atom is 0.469 e. The van der Waals surface area contributed by atoms with Gasteiger partial charge in [0.2, 0.25) is 0 Å². The number of esters is 2. The molecule has 236 valence electrons. The summed E-state index contributed by atoms with van der Waals surface area (Å²) in [5, 5.41) is 8.74. The molecule has 0 aromatic rings. The first-order valence-corrected chi connectivity index (χ1v) is 16.6. The lowest BCUT2D eigenvalue weighted by Gasteiger charge is -2.18. The maximum absolute atomic E-state index is 12.2. The van der Waals surface area contributed by atoms with Crippen molar-refractivity contribution in [2.24, 2.45) is 0 Å². The lowest BCUT2D eigenvalue weighted by atomic mass is 10.1. The molecule has 0 rings (SSSR count). The summed E-state index contributed by atoms with van der Waals surface area (Å²) in [6, 6.07) is 0. The minimum absolute atomic E-state index is 0.125. The number of phosphoric acid groups is 1. The van der Waals surface area contributed by atoms with Crippen LogP contribution in [0.15, 0.2) is 48.6 Å². The highest BCUT2D eigenvalue weighted by molar-refractivity contribution is 7.46. The lowest BCUT2D eigenvalue weighted by molar-refractivity contribution is -0.161. The summed E-state index contributed by atoms with van der Waals surface area (Å²) in [6.07, 6.45) is 29.0. The molecular formula is C31H53O9P. The van der Waals surface area contributed by atoms with Crippen molar-refractivity contribution in [3.05, 3.63) is 48.6 Å². The fourth-order valence-corrected chi connectivity index (χ4v) is 4.00. The zero-order chi connectivity index (χ0) is 30.4. The number of aliphatic hydroxyl groups excluding tert-OH is 1. The van der Waals surface area contributed by atoms with Crippen molar-refractivity contribution in [3.63, 3.8) is 0 Å². The van der Waals surface area contributed by atoms with Gasteiger partial charge in [-0.25, -0.2) is 4.57 Å². The molecule has 0 amide bonds. The van der Waals surface area contributed by atoms with Gasteiger partial charge in [0.15, 0.2) is 6.10 Å². The predicted octanol–water partition coefficient (Wildman–Crippen LogP) is 7.03. The molecule has 0 bridgehead atoms. The first-order chi connectivity index (χ1) is 19.8. The third-order valence-electron chi connectivity index (χ3n) is 5.91. The van der Waals surface area contributed by atoms with Crippen LogP contribution in [0.25, 0.3) is 0 Å². The molecule has 0 saturated carbocycles. The van der Waals surface area contributed by atoms with Crippen molar-refractivity contribution in [2.75, 3.05) is 19.8 Å². The Balaban J connectivity index is 4.11. The average Bonchev–Trinajstić information content (AvgIpc) is 2.93. The molecule has 1 atom stereocenters. The van der Waals surface area contributed by atoms with Gasteiger partial charge >= 0.3 is 19.8 Å². The summed E-state index contributed by atoms with van der Waals surface area (Å²) in [5.41, 5.74) is 0. The predicted molar refractivity (Wildman–Crippen MR) is 162 cm³/mol. The lowest BCUT2D eigenvalue weighted by Crippen LogP contribution is -2.29. The highest BCUT2D eigenvalue weighted by Crippen LogP contribution is 2.35. The van der Waals surface area contributed by atoms with E-state index >= 15 is 0 Å². The Bertz CT molecular complexity index is 814. The molecule has 0 aliphatic heterocycles. The fraction of sp³-hybridized carbons (Fsp3) is 0.677. The maximum atomic E-state index is 12.2. The van der Waals surface area contributed by atoms with Gasteiger partial charge in [0.05, 0.1) is 6.61 Å². The molecule has 0 radical (unpaired) electrons. The molecule has 0 aliphatic rings. The number of hydrogen-bond donors (Lipinski definition) is 3. The van der Waals surface area contributed by atoms with E-state index in [4.69, 9.17) is 24.4 Å². The second-order valence-corrected chi connectivity index (χ2v) is 11.0. The van der Waals surface area contributed by atoms with Crippen LogP contribution in [0.2, 0.25) is 0 Å². The normalized spacial score (nSPS) is 13.2. The van der Waals surface area contributed by atoms with E-state index in [-0.39, 0.29) is 26.1 Å². The second kappa shape index (κ2) is 28.1. The monoisotopic (exact) mass is 600 g/mol. The average molecular weight is 601 g/mol. The molecule has 0 unspecified atom stereocenters. The van der Waals surface area contributed by atoms with Gasteiger partial charge in [-0.1, -0.05) is 87.6 Å². The van der Waals surface area contributed by atoms with Gasteiger partial charge in [0, 0.05) is 19.4 Å². The molecule has 0 saturated heterocycles. The van der Waals surface area contributed by atoms with Crippen LogP contribution in [0.1, 0.15) is 110 Å². The molecule has 3 N–H and O–H groups in total. The smallest absolute Gasteiger partial charge is 0.462 e. The van der Waals surface area contributed by atoms with Crippen molar-refractivity contribution >= 4 is 19.8 Å². The number of carbonyl (C=O) groups excluding carboxylic acids is 2. The Hall–Kier alpha value is -2.03. The summed E-state index contributed by atoms with van der Waals surface area (Å²) in [6.45, 7) is 1.50. The fourth-order valence-electron chi connectivity index (χ4n) is 3.64. The van der Waals surface area contributed by atoms with E-state index in [1.165, 1.54) is 0 Å².